The molecule has 2 rings (SSSR count). The zero-order valence-corrected chi connectivity index (χ0v) is 8.89. The Morgan fingerprint density at radius 2 is 2.53 bits per heavy atom. The van der Waals surface area contributed by atoms with Gasteiger partial charge in [0.1, 0.15) is 0 Å². The van der Waals surface area contributed by atoms with Gasteiger partial charge in [0.05, 0.1) is 12.1 Å². The molecule has 0 aromatic carbocycles. The molecule has 1 heterocycles. The summed E-state index contributed by atoms with van der Waals surface area (Å²) < 4.78 is 1.92. The normalized spacial score (nSPS) is 24.1. The van der Waals surface area contributed by atoms with Crippen molar-refractivity contribution in [1.29, 1.82) is 0 Å². The SMILES string of the molecule is CCCn1cc(C[C@H]2C[C@@H]2C(=O)O)cn1. The van der Waals surface area contributed by atoms with Gasteiger partial charge < -0.3 is 5.11 Å². The van der Waals surface area contributed by atoms with E-state index >= 15 is 0 Å². The van der Waals surface area contributed by atoms with E-state index in [4.69, 9.17) is 5.11 Å². The number of hydrogen-bond donors (Lipinski definition) is 1. The van der Waals surface area contributed by atoms with E-state index in [-0.39, 0.29) is 5.92 Å². The lowest BCUT2D eigenvalue weighted by atomic mass is 10.1. The van der Waals surface area contributed by atoms with Gasteiger partial charge in [-0.25, -0.2) is 0 Å². The van der Waals surface area contributed by atoms with Gasteiger partial charge in [0.15, 0.2) is 0 Å². The van der Waals surface area contributed by atoms with Crippen molar-refractivity contribution in [3.05, 3.63) is 18.0 Å². The van der Waals surface area contributed by atoms with Gasteiger partial charge in [0.2, 0.25) is 0 Å². The van der Waals surface area contributed by atoms with E-state index in [1.54, 1.807) is 0 Å². The Kier molecular flexibility index (Phi) is 2.75. The minimum Gasteiger partial charge on any atom is -0.481 e. The number of rotatable bonds is 5. The monoisotopic (exact) mass is 208 g/mol. The van der Waals surface area contributed by atoms with Crippen LogP contribution in [0.2, 0.25) is 0 Å². The second kappa shape index (κ2) is 4.04. The summed E-state index contributed by atoms with van der Waals surface area (Å²) in [6.45, 7) is 3.05. The van der Waals surface area contributed by atoms with Crippen LogP contribution < -0.4 is 0 Å². The predicted molar refractivity (Wildman–Crippen MR) is 55.5 cm³/mol. The van der Waals surface area contributed by atoms with E-state index in [1.165, 1.54) is 0 Å². The molecule has 1 aliphatic carbocycles. The zero-order valence-electron chi connectivity index (χ0n) is 8.89. The summed E-state index contributed by atoms with van der Waals surface area (Å²) in [5.74, 6) is -0.428. The Morgan fingerprint density at radius 3 is 3.13 bits per heavy atom. The summed E-state index contributed by atoms with van der Waals surface area (Å²) in [4.78, 5) is 10.6. The van der Waals surface area contributed by atoms with Crippen molar-refractivity contribution in [1.82, 2.24) is 9.78 Å². The molecule has 0 spiro atoms. The first-order chi connectivity index (χ1) is 7.20. The topological polar surface area (TPSA) is 55.1 Å². The number of nitrogens with zero attached hydrogens (tertiary/aromatic N) is 2. The van der Waals surface area contributed by atoms with Crippen LogP contribution in [0.4, 0.5) is 0 Å². The molecule has 4 nitrogen and oxygen atoms in total. The number of carboxylic acids is 1. The van der Waals surface area contributed by atoms with Crippen LogP contribution in [0, 0.1) is 11.8 Å². The van der Waals surface area contributed by atoms with Crippen LogP contribution in [0.5, 0.6) is 0 Å². The van der Waals surface area contributed by atoms with Crippen molar-refractivity contribution in [2.24, 2.45) is 11.8 Å². The standard InChI is InChI=1S/C11H16N2O2/c1-2-3-13-7-8(6-12-13)4-9-5-10(9)11(14)15/h6-7,9-10H,2-5H2,1H3,(H,14,15)/t9-,10-/m0/s1. The molecular weight excluding hydrogens is 192 g/mol. The van der Waals surface area contributed by atoms with Gasteiger partial charge in [-0.15, -0.1) is 0 Å². The van der Waals surface area contributed by atoms with Crippen LogP contribution >= 0.6 is 0 Å². The molecule has 1 aliphatic rings. The molecule has 1 N–H and O–H groups in total. The molecule has 2 atom stereocenters. The molecule has 1 fully saturated rings. The van der Waals surface area contributed by atoms with E-state index in [2.05, 4.69) is 12.0 Å². The Morgan fingerprint density at radius 1 is 1.73 bits per heavy atom. The van der Waals surface area contributed by atoms with Crippen molar-refractivity contribution in [2.45, 2.75) is 32.7 Å². The smallest absolute Gasteiger partial charge is 0.306 e. The quantitative estimate of drug-likeness (QED) is 0.798. The first-order valence-corrected chi connectivity index (χ1v) is 5.45. The van der Waals surface area contributed by atoms with Gasteiger partial charge in [-0.1, -0.05) is 6.92 Å². The molecule has 0 saturated heterocycles. The highest BCUT2D eigenvalue weighted by molar-refractivity contribution is 5.73. The highest BCUT2D eigenvalue weighted by atomic mass is 16.4. The van der Waals surface area contributed by atoms with E-state index in [1.807, 2.05) is 17.1 Å². The molecule has 4 heteroatoms. The summed E-state index contributed by atoms with van der Waals surface area (Å²) in [7, 11) is 0. The van der Waals surface area contributed by atoms with Gasteiger partial charge in [-0.3, -0.25) is 9.48 Å². The Labute approximate surface area is 88.9 Å². The molecule has 0 unspecified atom stereocenters. The van der Waals surface area contributed by atoms with Gasteiger partial charge >= 0.3 is 5.97 Å². The molecule has 0 amide bonds. The summed E-state index contributed by atoms with van der Waals surface area (Å²) >= 11 is 0. The van der Waals surface area contributed by atoms with Crippen molar-refractivity contribution in [3.63, 3.8) is 0 Å². The number of aromatic nitrogens is 2. The summed E-state index contributed by atoms with van der Waals surface area (Å²) in [6, 6.07) is 0. The number of hydrogen-bond acceptors (Lipinski definition) is 2. The molecule has 1 aromatic heterocycles. The third-order valence-electron chi connectivity index (χ3n) is 2.88. The minimum absolute atomic E-state index is 0.112. The molecule has 82 valence electrons. The maximum absolute atomic E-state index is 10.6. The third kappa shape index (κ3) is 2.37. The van der Waals surface area contributed by atoms with E-state index < -0.39 is 5.97 Å². The molecule has 1 saturated carbocycles. The Bertz CT molecular complexity index is 359. The molecule has 15 heavy (non-hydrogen) atoms. The molecule has 1 aromatic rings. The van der Waals surface area contributed by atoms with Crippen molar-refractivity contribution >= 4 is 5.97 Å². The van der Waals surface area contributed by atoms with E-state index in [0.29, 0.717) is 5.92 Å². The largest absolute Gasteiger partial charge is 0.481 e. The van der Waals surface area contributed by atoms with Crippen LogP contribution in [-0.2, 0) is 17.8 Å². The first-order valence-electron chi connectivity index (χ1n) is 5.45. The fourth-order valence-corrected chi connectivity index (χ4v) is 1.94. The van der Waals surface area contributed by atoms with E-state index in [0.717, 1.165) is 31.4 Å². The first kappa shape index (κ1) is 10.2. The summed E-state index contributed by atoms with van der Waals surface area (Å²) in [5, 5.41) is 13.0. The van der Waals surface area contributed by atoms with Gasteiger partial charge in [-0.05, 0) is 30.7 Å². The van der Waals surface area contributed by atoms with Crippen LogP contribution in [0.3, 0.4) is 0 Å². The maximum atomic E-state index is 10.6. The van der Waals surface area contributed by atoms with Crippen LogP contribution in [0.25, 0.3) is 0 Å². The Balaban J connectivity index is 1.87. The average Bonchev–Trinajstić information content (AvgIpc) is 2.81. The van der Waals surface area contributed by atoms with Crippen molar-refractivity contribution < 1.29 is 9.90 Å². The van der Waals surface area contributed by atoms with Gasteiger partial charge in [0.25, 0.3) is 0 Å². The number of aliphatic carboxylic acids is 1. The van der Waals surface area contributed by atoms with E-state index in [9.17, 15) is 4.79 Å². The fraction of sp³-hybridized carbons (Fsp3) is 0.636. The number of carboxylic acid groups (broad SMARTS) is 1. The molecule has 0 bridgehead atoms. The number of aryl methyl sites for hydroxylation is 1. The predicted octanol–water partition coefficient (Wildman–Crippen LogP) is 1.56. The van der Waals surface area contributed by atoms with Crippen molar-refractivity contribution in [2.75, 3.05) is 0 Å². The van der Waals surface area contributed by atoms with Crippen LogP contribution in [0.15, 0.2) is 12.4 Å². The third-order valence-corrected chi connectivity index (χ3v) is 2.88. The molecule has 0 radical (unpaired) electrons. The highest BCUT2D eigenvalue weighted by Crippen LogP contribution is 2.41. The molecular formula is C11H16N2O2. The van der Waals surface area contributed by atoms with Gasteiger partial charge in [0, 0.05) is 12.7 Å². The second-order valence-corrected chi connectivity index (χ2v) is 4.26. The van der Waals surface area contributed by atoms with Crippen LogP contribution in [0.1, 0.15) is 25.3 Å². The summed E-state index contributed by atoms with van der Waals surface area (Å²) in [6.07, 6.45) is 6.64. The highest BCUT2D eigenvalue weighted by Gasteiger charge is 2.42. The lowest BCUT2D eigenvalue weighted by molar-refractivity contribution is -0.138. The Hall–Kier alpha value is -1.32. The maximum Gasteiger partial charge on any atom is 0.306 e. The van der Waals surface area contributed by atoms with Crippen LogP contribution in [-0.4, -0.2) is 20.9 Å². The van der Waals surface area contributed by atoms with Gasteiger partial charge in [-0.2, -0.15) is 5.10 Å². The zero-order chi connectivity index (χ0) is 10.8. The fourth-order valence-electron chi connectivity index (χ4n) is 1.94. The lowest BCUT2D eigenvalue weighted by Crippen LogP contribution is -2.00. The minimum atomic E-state index is -0.652. The van der Waals surface area contributed by atoms with Crippen molar-refractivity contribution in [3.8, 4) is 0 Å². The molecule has 0 aliphatic heterocycles. The average molecular weight is 208 g/mol. The summed E-state index contributed by atoms with van der Waals surface area (Å²) in [5.41, 5.74) is 1.16. The number of carbonyl (C=O) groups is 1. The second-order valence-electron chi connectivity index (χ2n) is 4.26. The lowest BCUT2D eigenvalue weighted by Gasteiger charge is -1.95.